The van der Waals surface area contributed by atoms with Crippen LogP contribution in [0, 0.1) is 29.6 Å². The first-order valence-corrected chi connectivity index (χ1v) is 7.14. The average Bonchev–Trinajstić information content (AvgIpc) is 2.79. The molecule has 1 aliphatic rings. The second kappa shape index (κ2) is 5.09. The summed E-state index contributed by atoms with van der Waals surface area (Å²) in [7, 11) is 2.06. The smallest absolute Gasteiger partial charge is 0.103 e. The van der Waals surface area contributed by atoms with E-state index in [0.717, 1.165) is 22.6 Å². The molecule has 0 aromatic heterocycles. The fraction of sp³-hybridized carbons (Fsp3) is 0.222. The first-order valence-electron chi connectivity index (χ1n) is 7.14. The number of para-hydroxylation sites is 2. The van der Waals surface area contributed by atoms with Crippen molar-refractivity contribution >= 4 is 17.1 Å². The Balaban J connectivity index is 2.21. The van der Waals surface area contributed by atoms with Gasteiger partial charge in [-0.25, -0.2) is 0 Å². The van der Waals surface area contributed by atoms with Crippen molar-refractivity contribution in [2.45, 2.75) is 20.0 Å². The molecule has 4 heteroatoms. The number of hydrogen-bond donors (Lipinski definition) is 0. The number of anilines is 3. The monoisotopic (exact) mass is 288 g/mol. The van der Waals surface area contributed by atoms with E-state index in [2.05, 4.69) is 48.0 Å². The van der Waals surface area contributed by atoms with Crippen LogP contribution in [0.5, 0.6) is 0 Å². The summed E-state index contributed by atoms with van der Waals surface area (Å²) >= 11 is 0. The highest BCUT2D eigenvalue weighted by Crippen LogP contribution is 2.44. The molecule has 0 spiro atoms. The van der Waals surface area contributed by atoms with Crippen LogP contribution in [0.15, 0.2) is 36.4 Å². The second-order valence-electron chi connectivity index (χ2n) is 5.51. The third-order valence-corrected chi connectivity index (χ3v) is 4.29. The van der Waals surface area contributed by atoms with Crippen LogP contribution in [0.3, 0.4) is 0 Å². The maximum Gasteiger partial charge on any atom is 0.103 e. The summed E-state index contributed by atoms with van der Waals surface area (Å²) in [6, 6.07) is 16.0. The maximum atomic E-state index is 9.29. The van der Waals surface area contributed by atoms with Crippen LogP contribution in [0.2, 0.25) is 0 Å². The van der Waals surface area contributed by atoms with Crippen LogP contribution in [0.25, 0.3) is 0 Å². The van der Waals surface area contributed by atoms with E-state index in [0.29, 0.717) is 11.1 Å². The van der Waals surface area contributed by atoms with Gasteiger partial charge in [0.2, 0.25) is 0 Å². The van der Waals surface area contributed by atoms with Crippen LogP contribution >= 0.6 is 0 Å². The van der Waals surface area contributed by atoms with Gasteiger partial charge in [0.25, 0.3) is 0 Å². The van der Waals surface area contributed by atoms with Gasteiger partial charge in [0, 0.05) is 12.7 Å². The van der Waals surface area contributed by atoms with Gasteiger partial charge >= 0.3 is 0 Å². The molecule has 1 atom stereocenters. The highest BCUT2D eigenvalue weighted by molar-refractivity contribution is 5.84. The normalized spacial score (nSPS) is 16.1. The lowest BCUT2D eigenvalue weighted by Crippen LogP contribution is -2.36. The SMILES string of the molecule is Cc1cc(C#N)c(C#N)cc1N1c2ccccc2N(C)[C@H]1C. The van der Waals surface area contributed by atoms with Crippen molar-refractivity contribution in [1.82, 2.24) is 0 Å². The first kappa shape index (κ1) is 14.0. The van der Waals surface area contributed by atoms with Crippen molar-refractivity contribution in [3.63, 3.8) is 0 Å². The Morgan fingerprint density at radius 3 is 2.18 bits per heavy atom. The van der Waals surface area contributed by atoms with Gasteiger partial charge in [0.15, 0.2) is 0 Å². The lowest BCUT2D eigenvalue weighted by molar-refractivity contribution is 0.732. The summed E-state index contributed by atoms with van der Waals surface area (Å²) in [6.07, 6.45) is 0.149. The zero-order chi connectivity index (χ0) is 15.9. The molecule has 0 radical (unpaired) electrons. The molecule has 3 rings (SSSR count). The van der Waals surface area contributed by atoms with E-state index in [4.69, 9.17) is 5.26 Å². The van der Waals surface area contributed by atoms with Crippen LogP contribution in [-0.2, 0) is 0 Å². The van der Waals surface area contributed by atoms with E-state index >= 15 is 0 Å². The topological polar surface area (TPSA) is 54.1 Å². The van der Waals surface area contributed by atoms with Gasteiger partial charge in [0.1, 0.15) is 18.3 Å². The number of aryl methyl sites for hydroxylation is 1. The molecule has 0 fully saturated rings. The van der Waals surface area contributed by atoms with E-state index in [1.54, 1.807) is 6.07 Å². The minimum atomic E-state index is 0.149. The second-order valence-corrected chi connectivity index (χ2v) is 5.51. The van der Waals surface area contributed by atoms with E-state index < -0.39 is 0 Å². The zero-order valence-corrected chi connectivity index (χ0v) is 12.8. The summed E-state index contributed by atoms with van der Waals surface area (Å²) in [5, 5.41) is 18.4. The van der Waals surface area contributed by atoms with Gasteiger partial charge in [-0.3, -0.25) is 0 Å². The fourth-order valence-electron chi connectivity index (χ4n) is 3.01. The lowest BCUT2D eigenvalue weighted by atomic mass is 10.0. The Kier molecular flexibility index (Phi) is 3.23. The van der Waals surface area contributed by atoms with Gasteiger partial charge in [-0.15, -0.1) is 0 Å². The molecule has 22 heavy (non-hydrogen) atoms. The first-order chi connectivity index (χ1) is 10.6. The van der Waals surface area contributed by atoms with Gasteiger partial charge < -0.3 is 9.80 Å². The van der Waals surface area contributed by atoms with Gasteiger partial charge in [-0.05, 0) is 43.7 Å². The Hall–Kier alpha value is -2.98. The van der Waals surface area contributed by atoms with E-state index in [-0.39, 0.29) is 6.17 Å². The summed E-state index contributed by atoms with van der Waals surface area (Å²) in [5.41, 5.74) is 5.10. The largest absolute Gasteiger partial charge is 0.353 e. The fourth-order valence-corrected chi connectivity index (χ4v) is 3.01. The quantitative estimate of drug-likeness (QED) is 0.803. The van der Waals surface area contributed by atoms with Crippen molar-refractivity contribution in [1.29, 1.82) is 10.5 Å². The molecule has 0 saturated heterocycles. The number of nitrogens with zero attached hydrogens (tertiary/aromatic N) is 4. The standard InChI is InChI=1S/C18H16N4/c1-12-8-14(10-19)15(11-20)9-18(12)22-13(2)21(3)16-6-4-5-7-17(16)22/h4-9,13H,1-3H3/t13-/m1/s1. The van der Waals surface area contributed by atoms with Crippen LogP contribution in [-0.4, -0.2) is 13.2 Å². The molecule has 0 bridgehead atoms. The average molecular weight is 288 g/mol. The number of benzene rings is 2. The van der Waals surface area contributed by atoms with E-state index in [9.17, 15) is 5.26 Å². The zero-order valence-electron chi connectivity index (χ0n) is 12.8. The van der Waals surface area contributed by atoms with E-state index in [1.807, 2.05) is 25.1 Å². The van der Waals surface area contributed by atoms with Crippen molar-refractivity contribution in [2.75, 3.05) is 16.8 Å². The molecule has 0 unspecified atom stereocenters. The molecule has 0 amide bonds. The summed E-state index contributed by atoms with van der Waals surface area (Å²) < 4.78 is 0. The Morgan fingerprint density at radius 2 is 1.55 bits per heavy atom. The number of hydrogen-bond acceptors (Lipinski definition) is 4. The van der Waals surface area contributed by atoms with Gasteiger partial charge in [-0.2, -0.15) is 10.5 Å². The molecule has 0 N–H and O–H groups in total. The van der Waals surface area contributed by atoms with Crippen molar-refractivity contribution < 1.29 is 0 Å². The number of nitriles is 2. The molecule has 1 aliphatic heterocycles. The van der Waals surface area contributed by atoms with Crippen LogP contribution in [0.1, 0.15) is 23.6 Å². The summed E-state index contributed by atoms with van der Waals surface area (Å²) in [6.45, 7) is 4.11. The molecule has 1 heterocycles. The molecule has 108 valence electrons. The van der Waals surface area contributed by atoms with Crippen molar-refractivity contribution in [3.05, 3.63) is 53.1 Å². The highest BCUT2D eigenvalue weighted by atomic mass is 15.4. The molecule has 4 nitrogen and oxygen atoms in total. The molecular weight excluding hydrogens is 272 g/mol. The molecule has 2 aromatic carbocycles. The predicted octanol–water partition coefficient (Wildman–Crippen LogP) is 3.67. The third-order valence-electron chi connectivity index (χ3n) is 4.29. The lowest BCUT2D eigenvalue weighted by Gasteiger charge is -2.29. The summed E-state index contributed by atoms with van der Waals surface area (Å²) in [5.74, 6) is 0. The molecular formula is C18H16N4. The Bertz CT molecular complexity index is 826. The Labute approximate surface area is 130 Å². The Morgan fingerprint density at radius 1 is 0.955 bits per heavy atom. The van der Waals surface area contributed by atoms with Crippen LogP contribution in [0.4, 0.5) is 17.1 Å². The minimum absolute atomic E-state index is 0.149. The van der Waals surface area contributed by atoms with Gasteiger partial charge in [-0.1, -0.05) is 12.1 Å². The van der Waals surface area contributed by atoms with Crippen molar-refractivity contribution in [2.24, 2.45) is 0 Å². The number of fused-ring (bicyclic) bond motifs is 1. The van der Waals surface area contributed by atoms with Gasteiger partial charge in [0.05, 0.1) is 22.5 Å². The van der Waals surface area contributed by atoms with E-state index in [1.165, 1.54) is 0 Å². The maximum absolute atomic E-state index is 9.29. The van der Waals surface area contributed by atoms with Crippen molar-refractivity contribution in [3.8, 4) is 12.1 Å². The predicted molar refractivity (Wildman–Crippen MR) is 87.1 cm³/mol. The number of rotatable bonds is 1. The molecule has 2 aromatic rings. The highest BCUT2D eigenvalue weighted by Gasteiger charge is 2.32. The third kappa shape index (κ3) is 1.89. The summed E-state index contributed by atoms with van der Waals surface area (Å²) in [4.78, 5) is 4.42. The molecule has 0 aliphatic carbocycles. The van der Waals surface area contributed by atoms with Crippen LogP contribution < -0.4 is 9.80 Å². The molecule has 0 saturated carbocycles. The minimum Gasteiger partial charge on any atom is -0.353 e.